The molecular formula is C12H14N4O2S. The molecule has 1 aliphatic rings. The molecule has 0 aromatic carbocycles. The van der Waals surface area contributed by atoms with Crippen LogP contribution in [0.1, 0.15) is 20.9 Å². The Labute approximate surface area is 114 Å². The van der Waals surface area contributed by atoms with E-state index in [4.69, 9.17) is 10.5 Å². The number of nitrogens with two attached hydrogens (primary N) is 1. The van der Waals surface area contributed by atoms with Crippen molar-refractivity contribution < 1.29 is 9.53 Å². The molecule has 0 bridgehead atoms. The molecule has 1 aliphatic heterocycles. The Morgan fingerprint density at radius 2 is 2.16 bits per heavy atom. The number of fused-ring (bicyclic) bond motifs is 1. The summed E-state index contributed by atoms with van der Waals surface area (Å²) < 4.78 is 5.03. The monoisotopic (exact) mass is 278 g/mol. The number of aryl methyl sites for hydroxylation is 2. The zero-order valence-electron chi connectivity index (χ0n) is 10.7. The van der Waals surface area contributed by atoms with Gasteiger partial charge in [-0.05, 0) is 19.4 Å². The van der Waals surface area contributed by atoms with Crippen molar-refractivity contribution >= 4 is 33.1 Å². The lowest BCUT2D eigenvalue weighted by Crippen LogP contribution is -2.48. The molecule has 6 nitrogen and oxygen atoms in total. The first-order chi connectivity index (χ1) is 9.08. The quantitative estimate of drug-likeness (QED) is 0.856. The van der Waals surface area contributed by atoms with Crippen LogP contribution >= 0.6 is 11.3 Å². The number of ether oxygens (including phenoxy) is 1. The number of hydrogen-bond donors (Lipinski definition) is 2. The number of nitrogens with one attached hydrogen (secondary N) is 1. The summed E-state index contributed by atoms with van der Waals surface area (Å²) in [6.45, 7) is 4.95. The molecule has 1 amide bonds. The molecule has 3 heterocycles. The fourth-order valence-electron chi connectivity index (χ4n) is 1.98. The first kappa shape index (κ1) is 12.3. The van der Waals surface area contributed by atoms with Crippen molar-refractivity contribution in [3.05, 3.63) is 16.1 Å². The van der Waals surface area contributed by atoms with E-state index in [2.05, 4.69) is 15.5 Å². The van der Waals surface area contributed by atoms with Gasteiger partial charge >= 0.3 is 0 Å². The van der Waals surface area contributed by atoms with Gasteiger partial charge in [0.2, 0.25) is 0 Å². The second kappa shape index (κ2) is 4.43. The number of carbonyl (C=O) groups excluding carboxylic acids is 1. The highest BCUT2D eigenvalue weighted by Gasteiger charge is 2.25. The molecule has 3 rings (SSSR count). The smallest absolute Gasteiger partial charge is 0.263 e. The first-order valence-corrected chi connectivity index (χ1v) is 6.80. The molecule has 7 heteroatoms. The zero-order valence-corrected chi connectivity index (χ0v) is 11.5. The van der Waals surface area contributed by atoms with Crippen LogP contribution in [-0.2, 0) is 4.74 Å². The second-order valence-electron chi connectivity index (χ2n) is 4.64. The van der Waals surface area contributed by atoms with Crippen LogP contribution in [0.4, 0.5) is 5.69 Å². The van der Waals surface area contributed by atoms with Crippen LogP contribution in [0.15, 0.2) is 0 Å². The summed E-state index contributed by atoms with van der Waals surface area (Å²) in [5.41, 5.74) is 8.40. The third-order valence-electron chi connectivity index (χ3n) is 3.31. The number of amides is 1. The van der Waals surface area contributed by atoms with Gasteiger partial charge in [-0.25, -0.2) is 0 Å². The fraction of sp³-hybridized carbons (Fsp3) is 0.417. The highest BCUT2D eigenvalue weighted by molar-refractivity contribution is 7.21. The molecule has 0 atom stereocenters. The summed E-state index contributed by atoms with van der Waals surface area (Å²) in [5.74, 6) is -0.161. The molecule has 0 aliphatic carbocycles. The molecule has 0 spiro atoms. The van der Waals surface area contributed by atoms with Gasteiger partial charge in [0.25, 0.3) is 5.91 Å². The van der Waals surface area contributed by atoms with Gasteiger partial charge in [0, 0.05) is 5.39 Å². The van der Waals surface area contributed by atoms with Crippen molar-refractivity contribution in [2.75, 3.05) is 18.9 Å². The van der Waals surface area contributed by atoms with Crippen molar-refractivity contribution in [3.8, 4) is 0 Å². The Hall–Kier alpha value is -1.73. The number of anilines is 1. The van der Waals surface area contributed by atoms with Gasteiger partial charge < -0.3 is 15.8 Å². The molecule has 100 valence electrons. The first-order valence-electron chi connectivity index (χ1n) is 5.98. The van der Waals surface area contributed by atoms with E-state index in [0.717, 1.165) is 16.6 Å². The van der Waals surface area contributed by atoms with Gasteiger partial charge in [-0.1, -0.05) is 0 Å². The summed E-state index contributed by atoms with van der Waals surface area (Å²) in [4.78, 5) is 13.4. The van der Waals surface area contributed by atoms with Gasteiger partial charge in [0.1, 0.15) is 9.71 Å². The van der Waals surface area contributed by atoms with E-state index >= 15 is 0 Å². The number of rotatable bonds is 2. The van der Waals surface area contributed by atoms with Gasteiger partial charge in [0.05, 0.1) is 30.6 Å². The molecule has 1 fully saturated rings. The van der Waals surface area contributed by atoms with Crippen LogP contribution in [0.3, 0.4) is 0 Å². The summed E-state index contributed by atoms with van der Waals surface area (Å²) in [7, 11) is 0. The highest BCUT2D eigenvalue weighted by Crippen LogP contribution is 2.34. The van der Waals surface area contributed by atoms with Gasteiger partial charge in [-0.2, -0.15) is 5.10 Å². The van der Waals surface area contributed by atoms with Gasteiger partial charge in [0.15, 0.2) is 0 Å². The Balaban J connectivity index is 2.02. The van der Waals surface area contributed by atoms with E-state index in [9.17, 15) is 4.79 Å². The van der Waals surface area contributed by atoms with E-state index < -0.39 is 0 Å². The van der Waals surface area contributed by atoms with Crippen molar-refractivity contribution in [3.63, 3.8) is 0 Å². The van der Waals surface area contributed by atoms with Crippen LogP contribution in [0.5, 0.6) is 0 Å². The SMILES string of the molecule is Cc1nnc2sc(C(=O)NC3COC3)c(N)c2c1C. The van der Waals surface area contributed by atoms with Crippen LogP contribution in [0.25, 0.3) is 10.2 Å². The minimum atomic E-state index is -0.161. The van der Waals surface area contributed by atoms with Gasteiger partial charge in [-0.3, -0.25) is 4.79 Å². The number of aromatic nitrogens is 2. The van der Waals surface area contributed by atoms with Crippen molar-refractivity contribution in [1.29, 1.82) is 0 Å². The number of nitrogens with zero attached hydrogens (tertiary/aromatic N) is 2. The van der Waals surface area contributed by atoms with Crippen LogP contribution in [-0.4, -0.2) is 35.4 Å². The maximum atomic E-state index is 12.2. The predicted octanol–water partition coefficient (Wildman–Crippen LogP) is 1.02. The van der Waals surface area contributed by atoms with E-state index in [0.29, 0.717) is 28.6 Å². The minimum absolute atomic E-state index is 0.0889. The average molecular weight is 278 g/mol. The predicted molar refractivity (Wildman–Crippen MR) is 73.4 cm³/mol. The van der Waals surface area contributed by atoms with E-state index in [-0.39, 0.29) is 11.9 Å². The molecule has 3 N–H and O–H groups in total. The lowest BCUT2D eigenvalue weighted by molar-refractivity contribution is -0.00337. The number of hydrogen-bond acceptors (Lipinski definition) is 6. The van der Waals surface area contributed by atoms with Crippen molar-refractivity contribution in [2.24, 2.45) is 0 Å². The Morgan fingerprint density at radius 1 is 1.42 bits per heavy atom. The largest absolute Gasteiger partial charge is 0.397 e. The van der Waals surface area contributed by atoms with Crippen LogP contribution in [0, 0.1) is 13.8 Å². The van der Waals surface area contributed by atoms with E-state index in [1.165, 1.54) is 11.3 Å². The third-order valence-corrected chi connectivity index (χ3v) is 4.40. The zero-order chi connectivity index (χ0) is 13.6. The molecule has 1 saturated heterocycles. The van der Waals surface area contributed by atoms with Crippen LogP contribution < -0.4 is 11.1 Å². The normalized spacial score (nSPS) is 15.5. The summed E-state index contributed by atoms with van der Waals surface area (Å²) >= 11 is 1.28. The number of thiophene rings is 1. The van der Waals surface area contributed by atoms with Crippen molar-refractivity contribution in [1.82, 2.24) is 15.5 Å². The molecule has 2 aromatic heterocycles. The lowest BCUT2D eigenvalue weighted by atomic mass is 10.1. The average Bonchev–Trinajstić information content (AvgIpc) is 2.67. The second-order valence-corrected chi connectivity index (χ2v) is 5.64. The molecular weight excluding hydrogens is 264 g/mol. The van der Waals surface area contributed by atoms with E-state index in [1.54, 1.807) is 0 Å². The number of nitrogen functional groups attached to an aromatic ring is 1. The fourth-order valence-corrected chi connectivity index (χ4v) is 2.98. The standard InChI is InChI=1S/C12H14N4O2S/c1-5-6(2)15-16-12-8(5)9(13)10(19-12)11(17)14-7-3-18-4-7/h7H,3-4,13H2,1-2H3,(H,14,17). The molecule has 0 saturated carbocycles. The van der Waals surface area contributed by atoms with Crippen molar-refractivity contribution in [2.45, 2.75) is 19.9 Å². The summed E-state index contributed by atoms with van der Waals surface area (Å²) in [5, 5.41) is 11.9. The Kier molecular flexibility index (Phi) is 2.87. The van der Waals surface area contributed by atoms with Gasteiger partial charge in [-0.15, -0.1) is 16.4 Å². The van der Waals surface area contributed by atoms with Crippen LogP contribution in [0.2, 0.25) is 0 Å². The summed E-state index contributed by atoms with van der Waals surface area (Å²) in [6, 6.07) is 0.0889. The Morgan fingerprint density at radius 3 is 2.79 bits per heavy atom. The topological polar surface area (TPSA) is 90.1 Å². The maximum absolute atomic E-state index is 12.2. The molecule has 0 radical (unpaired) electrons. The maximum Gasteiger partial charge on any atom is 0.263 e. The number of carbonyl (C=O) groups is 1. The Bertz CT molecular complexity index is 663. The summed E-state index contributed by atoms with van der Waals surface area (Å²) in [6.07, 6.45) is 0. The molecule has 2 aromatic rings. The molecule has 19 heavy (non-hydrogen) atoms. The third kappa shape index (κ3) is 1.95. The van der Waals surface area contributed by atoms with E-state index in [1.807, 2.05) is 13.8 Å². The minimum Gasteiger partial charge on any atom is -0.397 e. The highest BCUT2D eigenvalue weighted by atomic mass is 32.1. The lowest BCUT2D eigenvalue weighted by Gasteiger charge is -2.26. The molecule has 0 unspecified atom stereocenters.